The molecule has 2 aliphatic rings. The van der Waals surface area contributed by atoms with Crippen LogP contribution in [0, 0.1) is 5.92 Å². The number of ether oxygens (including phenoxy) is 1. The second-order valence-corrected chi connectivity index (χ2v) is 7.76. The van der Waals surface area contributed by atoms with Crippen LogP contribution in [-0.2, 0) is 16.0 Å². The van der Waals surface area contributed by atoms with Crippen LogP contribution in [0.4, 0.5) is 5.69 Å². The number of hydrogen-bond donors (Lipinski definition) is 1. The van der Waals surface area contributed by atoms with Crippen molar-refractivity contribution in [2.75, 3.05) is 50.7 Å². The van der Waals surface area contributed by atoms with Crippen LogP contribution < -0.4 is 4.72 Å². The van der Waals surface area contributed by atoms with E-state index in [-0.39, 0.29) is 10.9 Å². The molecule has 2 aliphatic heterocycles. The zero-order chi connectivity index (χ0) is 18.5. The van der Waals surface area contributed by atoms with Crippen LogP contribution in [-0.4, -0.2) is 70.4 Å². The van der Waals surface area contributed by atoms with Crippen molar-refractivity contribution in [1.29, 1.82) is 0 Å². The smallest absolute Gasteiger partial charge is 0.255 e. The maximum Gasteiger partial charge on any atom is 0.255 e. The third-order valence-corrected chi connectivity index (χ3v) is 5.63. The molecule has 9 heteroatoms. The number of nitrogens with zero attached hydrogens (tertiary/aromatic N) is 2. The van der Waals surface area contributed by atoms with Gasteiger partial charge in [0.25, 0.3) is 5.91 Å². The lowest BCUT2D eigenvalue weighted by Gasteiger charge is -2.37. The third kappa shape index (κ3) is 5.17. The number of rotatable bonds is 5. The summed E-state index contributed by atoms with van der Waals surface area (Å²) in [6.07, 6.45) is 2.23. The summed E-state index contributed by atoms with van der Waals surface area (Å²) in [5.74, 6) is 0.572. The van der Waals surface area contributed by atoms with Gasteiger partial charge in [0.1, 0.15) is 0 Å². The van der Waals surface area contributed by atoms with Crippen LogP contribution in [0.1, 0.15) is 23.2 Å². The lowest BCUT2D eigenvalue weighted by molar-refractivity contribution is 0.0393. The zero-order valence-corrected chi connectivity index (χ0v) is 16.1. The van der Waals surface area contributed by atoms with Gasteiger partial charge in [-0.05, 0) is 37.0 Å². The molecule has 1 atom stereocenters. The largest absolute Gasteiger partial charge is 0.755 e. The lowest BCUT2D eigenvalue weighted by Crippen LogP contribution is -2.50. The first-order valence-electron chi connectivity index (χ1n) is 8.78. The summed E-state index contributed by atoms with van der Waals surface area (Å²) in [6, 6.07) is 4.55. The number of halogens is 1. The monoisotopic (exact) mass is 400 g/mol. The molecule has 7 nitrogen and oxygen atoms in total. The molecule has 1 unspecified atom stereocenters. The van der Waals surface area contributed by atoms with Crippen LogP contribution in [0.3, 0.4) is 0 Å². The van der Waals surface area contributed by atoms with E-state index in [2.05, 4.69) is 9.62 Å². The number of nitrogens with one attached hydrogen (secondary N) is 1. The average molecular weight is 401 g/mol. The van der Waals surface area contributed by atoms with Crippen LogP contribution >= 0.6 is 11.6 Å². The summed E-state index contributed by atoms with van der Waals surface area (Å²) in [5.41, 5.74) is 0.730. The average Bonchev–Trinajstić information content (AvgIpc) is 2.62. The standard InChI is InChI=1S/C17H24ClN3O4S/c18-16-11-14(19-26(23)24)1-2-15(16)17(22)21-7-5-20(6-8-21)12-13-3-9-25-10-4-13/h1-2,11,13,19H,3-10,12H2,(H,23,24)/p-1. The van der Waals surface area contributed by atoms with Crippen molar-refractivity contribution in [3.63, 3.8) is 0 Å². The highest BCUT2D eigenvalue weighted by molar-refractivity contribution is 7.80. The molecule has 3 rings (SSSR count). The van der Waals surface area contributed by atoms with Crippen LogP contribution in [0.5, 0.6) is 0 Å². The van der Waals surface area contributed by atoms with Crippen molar-refractivity contribution >= 4 is 34.5 Å². The Bertz CT molecular complexity index is 661. The van der Waals surface area contributed by atoms with E-state index in [9.17, 15) is 13.6 Å². The van der Waals surface area contributed by atoms with Crippen molar-refractivity contribution in [2.45, 2.75) is 12.8 Å². The molecule has 0 saturated carbocycles. The van der Waals surface area contributed by atoms with E-state index in [1.807, 2.05) is 0 Å². The molecule has 1 amide bonds. The Morgan fingerprint density at radius 3 is 2.58 bits per heavy atom. The van der Waals surface area contributed by atoms with Gasteiger partial charge in [0.15, 0.2) is 0 Å². The Balaban J connectivity index is 1.53. The highest BCUT2D eigenvalue weighted by Crippen LogP contribution is 2.23. The molecule has 0 aliphatic carbocycles. The lowest BCUT2D eigenvalue weighted by atomic mass is 9.99. The highest BCUT2D eigenvalue weighted by Gasteiger charge is 2.25. The van der Waals surface area contributed by atoms with E-state index in [1.54, 1.807) is 11.0 Å². The molecule has 26 heavy (non-hydrogen) atoms. The molecule has 1 aromatic carbocycles. The number of hydrogen-bond acceptors (Lipinski definition) is 5. The fourth-order valence-corrected chi connectivity index (χ4v) is 4.03. The second-order valence-electron chi connectivity index (χ2n) is 6.68. The highest BCUT2D eigenvalue weighted by atomic mass is 35.5. The first-order valence-corrected chi connectivity index (χ1v) is 10.2. The Hall–Kier alpha value is -1.19. The summed E-state index contributed by atoms with van der Waals surface area (Å²) in [6.45, 7) is 5.83. The number of carbonyl (C=O) groups is 1. The summed E-state index contributed by atoms with van der Waals surface area (Å²) in [5, 5.41) is 0.245. The normalized spacial score (nSPS) is 20.8. The predicted molar refractivity (Wildman–Crippen MR) is 99.9 cm³/mol. The first kappa shape index (κ1) is 19.6. The van der Waals surface area contributed by atoms with Crippen molar-refractivity contribution in [3.8, 4) is 0 Å². The van der Waals surface area contributed by atoms with E-state index in [0.29, 0.717) is 30.3 Å². The van der Waals surface area contributed by atoms with Gasteiger partial charge in [0.2, 0.25) is 0 Å². The molecule has 0 spiro atoms. The molecule has 2 saturated heterocycles. The Labute approximate surface area is 161 Å². The van der Waals surface area contributed by atoms with E-state index in [4.69, 9.17) is 16.3 Å². The molecule has 0 aromatic heterocycles. The van der Waals surface area contributed by atoms with Crippen LogP contribution in [0.25, 0.3) is 0 Å². The number of anilines is 1. The van der Waals surface area contributed by atoms with Gasteiger partial charge in [0.05, 0.1) is 10.6 Å². The van der Waals surface area contributed by atoms with Gasteiger partial charge >= 0.3 is 0 Å². The Kier molecular flexibility index (Phi) is 6.88. The maximum atomic E-state index is 12.7. The predicted octanol–water partition coefficient (Wildman–Crippen LogP) is 1.73. The quantitative estimate of drug-likeness (QED) is 0.761. The molecule has 1 aromatic rings. The van der Waals surface area contributed by atoms with Gasteiger partial charge in [-0.1, -0.05) is 11.6 Å². The third-order valence-electron chi connectivity index (χ3n) is 4.92. The van der Waals surface area contributed by atoms with Crippen LogP contribution in [0.15, 0.2) is 18.2 Å². The van der Waals surface area contributed by atoms with Gasteiger partial charge < -0.3 is 18.9 Å². The van der Waals surface area contributed by atoms with E-state index >= 15 is 0 Å². The van der Waals surface area contributed by atoms with Crippen molar-refractivity contribution in [1.82, 2.24) is 9.80 Å². The number of amides is 1. The van der Waals surface area contributed by atoms with Crippen molar-refractivity contribution in [3.05, 3.63) is 28.8 Å². The summed E-state index contributed by atoms with van der Waals surface area (Å²) < 4.78 is 29.0. The van der Waals surface area contributed by atoms with E-state index in [0.717, 1.165) is 45.7 Å². The maximum absolute atomic E-state index is 12.7. The first-order chi connectivity index (χ1) is 12.5. The SMILES string of the molecule is O=C(c1ccc(NS(=O)[O-])cc1Cl)N1CCN(CC2CCOCC2)CC1. The van der Waals surface area contributed by atoms with E-state index in [1.165, 1.54) is 12.1 Å². The molecule has 0 bridgehead atoms. The van der Waals surface area contributed by atoms with Gasteiger partial charge in [0, 0.05) is 62.9 Å². The topological polar surface area (TPSA) is 84.9 Å². The molecule has 2 fully saturated rings. The minimum Gasteiger partial charge on any atom is -0.755 e. The molecule has 144 valence electrons. The number of benzene rings is 1. The fraction of sp³-hybridized carbons (Fsp3) is 0.588. The summed E-state index contributed by atoms with van der Waals surface area (Å²) in [4.78, 5) is 16.9. The van der Waals surface area contributed by atoms with Crippen LogP contribution in [0.2, 0.25) is 5.02 Å². The molecular formula is C17H23ClN3O4S-. The number of piperazine rings is 1. The van der Waals surface area contributed by atoms with Gasteiger partial charge in [-0.3, -0.25) is 13.9 Å². The fourth-order valence-electron chi connectivity index (χ4n) is 3.45. The van der Waals surface area contributed by atoms with Gasteiger partial charge in [-0.25, -0.2) is 0 Å². The minimum absolute atomic E-state index is 0.115. The Morgan fingerprint density at radius 2 is 1.96 bits per heavy atom. The molecular weight excluding hydrogens is 378 g/mol. The molecule has 0 radical (unpaired) electrons. The molecule has 2 heterocycles. The van der Waals surface area contributed by atoms with Gasteiger partial charge in [-0.15, -0.1) is 0 Å². The van der Waals surface area contributed by atoms with E-state index < -0.39 is 11.3 Å². The molecule has 1 N–H and O–H groups in total. The van der Waals surface area contributed by atoms with Gasteiger partial charge in [-0.2, -0.15) is 0 Å². The number of carbonyl (C=O) groups excluding carboxylic acids is 1. The zero-order valence-electron chi connectivity index (χ0n) is 14.5. The summed E-state index contributed by atoms with van der Waals surface area (Å²) >= 11 is 3.75. The minimum atomic E-state index is -2.42. The van der Waals surface area contributed by atoms with Crippen molar-refractivity contribution in [2.24, 2.45) is 5.92 Å². The van der Waals surface area contributed by atoms with Crippen molar-refractivity contribution < 1.29 is 18.3 Å². The summed E-state index contributed by atoms with van der Waals surface area (Å²) in [7, 11) is 0. The second kappa shape index (κ2) is 9.14. The Morgan fingerprint density at radius 1 is 1.27 bits per heavy atom.